The largest absolute Gasteiger partial charge is 0.369 e. The van der Waals surface area contributed by atoms with E-state index in [0.29, 0.717) is 11.9 Å². The van der Waals surface area contributed by atoms with Gasteiger partial charge in [-0.1, -0.05) is 19.3 Å². The maximum atomic E-state index is 10.9. The third-order valence-electron chi connectivity index (χ3n) is 4.08. The molecule has 0 unspecified atom stereocenters. The van der Waals surface area contributed by atoms with Crippen molar-refractivity contribution in [2.75, 3.05) is 11.4 Å². The number of nitro groups is 1. The maximum absolute atomic E-state index is 10.9. The fourth-order valence-electron chi connectivity index (χ4n) is 3.09. The van der Waals surface area contributed by atoms with Crippen molar-refractivity contribution in [2.24, 2.45) is 0 Å². The minimum absolute atomic E-state index is 0.115. The van der Waals surface area contributed by atoms with E-state index in [1.54, 1.807) is 12.1 Å². The maximum Gasteiger partial charge on any atom is 0.269 e. The Morgan fingerprint density at radius 2 is 2.05 bits per heavy atom. The molecule has 2 rings (SSSR count). The summed E-state index contributed by atoms with van der Waals surface area (Å²) in [6, 6.07) is 5.58. The third kappa shape index (κ3) is 3.23. The SMILES string of the molecule is CCN(c1ccc([N+](=O)[O-])cc1CCl)C1CCCCC1. The van der Waals surface area contributed by atoms with Crippen molar-refractivity contribution in [1.29, 1.82) is 0 Å². The second-order valence-electron chi connectivity index (χ2n) is 5.28. The van der Waals surface area contributed by atoms with E-state index in [2.05, 4.69) is 11.8 Å². The molecule has 4 nitrogen and oxygen atoms in total. The molecule has 0 atom stereocenters. The van der Waals surface area contributed by atoms with E-state index < -0.39 is 0 Å². The Morgan fingerprint density at radius 1 is 1.35 bits per heavy atom. The van der Waals surface area contributed by atoms with Crippen LogP contribution in [-0.2, 0) is 5.88 Å². The lowest BCUT2D eigenvalue weighted by Gasteiger charge is -2.36. The molecular formula is C15H21ClN2O2. The number of halogens is 1. The van der Waals surface area contributed by atoms with Gasteiger partial charge in [-0.25, -0.2) is 0 Å². The van der Waals surface area contributed by atoms with E-state index >= 15 is 0 Å². The van der Waals surface area contributed by atoms with Crippen LogP contribution in [0.3, 0.4) is 0 Å². The number of anilines is 1. The summed E-state index contributed by atoms with van der Waals surface area (Å²) in [5, 5.41) is 10.9. The number of nitrogens with zero attached hydrogens (tertiary/aromatic N) is 2. The smallest absolute Gasteiger partial charge is 0.269 e. The zero-order valence-electron chi connectivity index (χ0n) is 11.8. The molecule has 0 heterocycles. The Morgan fingerprint density at radius 3 is 2.60 bits per heavy atom. The van der Waals surface area contributed by atoms with Gasteiger partial charge >= 0.3 is 0 Å². The van der Waals surface area contributed by atoms with Crippen molar-refractivity contribution in [1.82, 2.24) is 0 Å². The van der Waals surface area contributed by atoms with Crippen molar-refractivity contribution < 1.29 is 4.92 Å². The predicted octanol–water partition coefficient (Wildman–Crippen LogP) is 4.49. The van der Waals surface area contributed by atoms with Gasteiger partial charge in [0.2, 0.25) is 0 Å². The van der Waals surface area contributed by atoms with Gasteiger partial charge in [-0.2, -0.15) is 0 Å². The van der Waals surface area contributed by atoms with Crippen molar-refractivity contribution in [2.45, 2.75) is 50.9 Å². The summed E-state index contributed by atoms with van der Waals surface area (Å²) in [5.74, 6) is 0.306. The molecule has 0 aliphatic heterocycles. The molecule has 0 radical (unpaired) electrons. The first kappa shape index (κ1) is 15.1. The lowest BCUT2D eigenvalue weighted by Crippen LogP contribution is -2.37. The Balaban J connectivity index is 2.30. The van der Waals surface area contributed by atoms with Crippen LogP contribution in [0, 0.1) is 10.1 Å². The van der Waals surface area contributed by atoms with Crippen molar-refractivity contribution in [3.05, 3.63) is 33.9 Å². The fraction of sp³-hybridized carbons (Fsp3) is 0.600. The number of hydrogen-bond donors (Lipinski definition) is 0. The molecule has 0 N–H and O–H groups in total. The van der Waals surface area contributed by atoms with Gasteiger partial charge < -0.3 is 4.90 Å². The molecule has 0 spiro atoms. The number of benzene rings is 1. The van der Waals surface area contributed by atoms with E-state index in [0.717, 1.165) is 17.8 Å². The average Bonchev–Trinajstić information content (AvgIpc) is 2.49. The van der Waals surface area contributed by atoms with E-state index in [-0.39, 0.29) is 10.6 Å². The van der Waals surface area contributed by atoms with Crippen LogP contribution in [0.15, 0.2) is 18.2 Å². The molecule has 1 aliphatic carbocycles. The van der Waals surface area contributed by atoms with Gasteiger partial charge in [0.15, 0.2) is 0 Å². The molecule has 0 bridgehead atoms. The predicted molar refractivity (Wildman–Crippen MR) is 82.5 cm³/mol. The number of alkyl halides is 1. The quantitative estimate of drug-likeness (QED) is 0.457. The highest BCUT2D eigenvalue weighted by atomic mass is 35.5. The molecule has 1 aliphatic rings. The summed E-state index contributed by atoms with van der Waals surface area (Å²) in [5.41, 5.74) is 2.03. The van der Waals surface area contributed by atoms with Gasteiger partial charge in [-0.3, -0.25) is 10.1 Å². The van der Waals surface area contributed by atoms with E-state index in [1.165, 1.54) is 32.1 Å². The second-order valence-corrected chi connectivity index (χ2v) is 5.55. The minimum atomic E-state index is -0.364. The van der Waals surface area contributed by atoms with Crippen LogP contribution in [-0.4, -0.2) is 17.5 Å². The molecule has 20 heavy (non-hydrogen) atoms. The first-order valence-electron chi connectivity index (χ1n) is 7.27. The molecule has 5 heteroatoms. The first-order chi connectivity index (χ1) is 9.67. The molecule has 110 valence electrons. The Hall–Kier alpha value is -1.29. The van der Waals surface area contributed by atoms with Gasteiger partial charge in [0, 0.05) is 36.3 Å². The summed E-state index contributed by atoms with van der Waals surface area (Å²) >= 11 is 6.00. The van der Waals surface area contributed by atoms with Gasteiger partial charge in [0.05, 0.1) is 4.92 Å². The average molecular weight is 297 g/mol. The third-order valence-corrected chi connectivity index (χ3v) is 4.37. The normalized spacial score (nSPS) is 16.1. The van der Waals surface area contributed by atoms with E-state index in [9.17, 15) is 10.1 Å². The highest BCUT2D eigenvalue weighted by Crippen LogP contribution is 2.32. The summed E-state index contributed by atoms with van der Waals surface area (Å²) < 4.78 is 0. The molecule has 1 fully saturated rings. The zero-order chi connectivity index (χ0) is 14.5. The molecule has 0 amide bonds. The summed E-state index contributed by atoms with van der Waals surface area (Å²) in [6.45, 7) is 3.04. The van der Waals surface area contributed by atoms with Gasteiger partial charge in [-0.15, -0.1) is 11.6 Å². The van der Waals surface area contributed by atoms with Gasteiger partial charge in [0.25, 0.3) is 5.69 Å². The molecule has 0 aromatic heterocycles. The highest BCUT2D eigenvalue weighted by molar-refractivity contribution is 6.17. The van der Waals surface area contributed by atoms with Crippen molar-refractivity contribution >= 4 is 23.0 Å². The van der Waals surface area contributed by atoms with Crippen LogP contribution in [0.5, 0.6) is 0 Å². The van der Waals surface area contributed by atoms with Crippen molar-refractivity contribution in [3.63, 3.8) is 0 Å². The lowest BCUT2D eigenvalue weighted by molar-refractivity contribution is -0.384. The highest BCUT2D eigenvalue weighted by Gasteiger charge is 2.23. The second kappa shape index (κ2) is 6.93. The van der Waals surface area contributed by atoms with Crippen LogP contribution in [0.1, 0.15) is 44.6 Å². The fourth-order valence-corrected chi connectivity index (χ4v) is 3.30. The molecule has 1 aromatic rings. The minimum Gasteiger partial charge on any atom is -0.369 e. The zero-order valence-corrected chi connectivity index (χ0v) is 12.6. The number of non-ortho nitro benzene ring substituents is 1. The Labute approximate surface area is 124 Å². The summed E-state index contributed by atoms with van der Waals surface area (Å²) in [7, 11) is 0. The van der Waals surface area contributed by atoms with Crippen LogP contribution in [0.2, 0.25) is 0 Å². The molecule has 1 saturated carbocycles. The van der Waals surface area contributed by atoms with Crippen LogP contribution in [0.25, 0.3) is 0 Å². The molecule has 0 saturated heterocycles. The topological polar surface area (TPSA) is 46.4 Å². The van der Waals surface area contributed by atoms with E-state index in [1.807, 2.05) is 6.07 Å². The molecule has 1 aromatic carbocycles. The van der Waals surface area contributed by atoms with Crippen molar-refractivity contribution in [3.8, 4) is 0 Å². The van der Waals surface area contributed by atoms with Gasteiger partial charge in [0.1, 0.15) is 0 Å². The number of rotatable bonds is 5. The number of hydrogen-bond acceptors (Lipinski definition) is 3. The summed E-state index contributed by atoms with van der Waals surface area (Å²) in [4.78, 5) is 12.9. The lowest BCUT2D eigenvalue weighted by atomic mass is 9.93. The summed E-state index contributed by atoms with van der Waals surface area (Å²) in [6.07, 6.45) is 6.25. The number of nitro benzene ring substituents is 1. The Bertz CT molecular complexity index is 473. The van der Waals surface area contributed by atoms with Crippen LogP contribution < -0.4 is 4.90 Å². The Kier molecular flexibility index (Phi) is 5.24. The van der Waals surface area contributed by atoms with E-state index in [4.69, 9.17) is 11.6 Å². The van der Waals surface area contributed by atoms with Gasteiger partial charge in [-0.05, 0) is 31.4 Å². The van der Waals surface area contributed by atoms with Crippen LogP contribution >= 0.6 is 11.6 Å². The standard InChI is InChI=1S/C15H21ClN2O2/c1-2-17(13-6-4-3-5-7-13)15-9-8-14(18(19)20)10-12(15)11-16/h8-10,13H,2-7,11H2,1H3. The monoisotopic (exact) mass is 296 g/mol. The van der Waals surface area contributed by atoms with Crippen LogP contribution in [0.4, 0.5) is 11.4 Å². The first-order valence-corrected chi connectivity index (χ1v) is 7.80. The molecular weight excluding hydrogens is 276 g/mol.